The van der Waals surface area contributed by atoms with Gasteiger partial charge >= 0.3 is 0 Å². The number of nitrogens with one attached hydrogen (secondary N) is 1. The van der Waals surface area contributed by atoms with Gasteiger partial charge in [-0.25, -0.2) is 36.4 Å². The quantitative estimate of drug-likeness (QED) is 0.582. The molecule has 2 N–H and O–H groups in total. The molecular formula is C19H22F2N6O3S. The number of piperidine rings is 1. The Labute approximate surface area is 177 Å². The first-order valence-corrected chi connectivity index (χ1v) is 11.6. The highest BCUT2D eigenvalue weighted by Crippen LogP contribution is 2.27. The van der Waals surface area contributed by atoms with Crippen LogP contribution in [0.1, 0.15) is 18.5 Å². The Morgan fingerprint density at radius 3 is 2.81 bits per heavy atom. The average molecular weight is 452 g/mol. The first-order chi connectivity index (χ1) is 14.7. The molecule has 9 nitrogen and oxygen atoms in total. The van der Waals surface area contributed by atoms with Crippen LogP contribution in [0.2, 0.25) is 0 Å². The Kier molecular flexibility index (Phi) is 5.86. The van der Waals surface area contributed by atoms with Gasteiger partial charge in [-0.05, 0) is 36.6 Å². The number of halogens is 2. The molecule has 0 aliphatic carbocycles. The van der Waals surface area contributed by atoms with Crippen molar-refractivity contribution < 1.29 is 22.3 Å². The number of aromatic nitrogens is 4. The van der Waals surface area contributed by atoms with Gasteiger partial charge < -0.3 is 10.0 Å². The van der Waals surface area contributed by atoms with Crippen LogP contribution in [-0.2, 0) is 10.0 Å². The van der Waals surface area contributed by atoms with Gasteiger partial charge in [-0.3, -0.25) is 0 Å². The van der Waals surface area contributed by atoms with E-state index in [-0.39, 0.29) is 18.2 Å². The Bertz CT molecular complexity index is 1190. The van der Waals surface area contributed by atoms with E-state index in [1.54, 1.807) is 24.5 Å². The van der Waals surface area contributed by atoms with Gasteiger partial charge in [0.25, 0.3) is 6.43 Å². The highest BCUT2D eigenvalue weighted by Gasteiger charge is 2.27. The van der Waals surface area contributed by atoms with E-state index in [9.17, 15) is 22.3 Å². The summed E-state index contributed by atoms with van der Waals surface area (Å²) in [6.45, 7) is 1.09. The molecular weight excluding hydrogens is 430 g/mol. The summed E-state index contributed by atoms with van der Waals surface area (Å²) >= 11 is 0. The maximum atomic E-state index is 13.1. The molecule has 3 aromatic heterocycles. The van der Waals surface area contributed by atoms with Gasteiger partial charge in [0.15, 0.2) is 5.65 Å². The van der Waals surface area contributed by atoms with E-state index >= 15 is 0 Å². The molecule has 0 bridgehead atoms. The number of imidazole rings is 1. The highest BCUT2D eigenvalue weighted by molar-refractivity contribution is 7.88. The molecule has 0 saturated carbocycles. The van der Waals surface area contributed by atoms with Gasteiger partial charge in [-0.2, -0.15) is 5.10 Å². The van der Waals surface area contributed by atoms with Gasteiger partial charge in [0.05, 0.1) is 24.3 Å². The fourth-order valence-corrected chi connectivity index (χ4v) is 4.27. The second kappa shape index (κ2) is 8.44. The summed E-state index contributed by atoms with van der Waals surface area (Å²) in [6, 6.07) is 6.24. The lowest BCUT2D eigenvalue weighted by Gasteiger charge is -2.36. The zero-order valence-corrected chi connectivity index (χ0v) is 17.5. The van der Waals surface area contributed by atoms with Crippen molar-refractivity contribution in [2.75, 3.05) is 30.8 Å². The zero-order chi connectivity index (χ0) is 22.2. The summed E-state index contributed by atoms with van der Waals surface area (Å²) in [5.74, 6) is 0.496. The number of hydrogen-bond donors (Lipinski definition) is 2. The topological polar surface area (TPSA) is 113 Å². The smallest absolute Gasteiger partial charge is 0.282 e. The maximum Gasteiger partial charge on any atom is 0.282 e. The van der Waals surface area contributed by atoms with Gasteiger partial charge in [-0.1, -0.05) is 0 Å². The SMILES string of the molecule is CS(=O)(=O)NCC1CC(O)CN(c2cc(-c3cnc4ccc(C(F)F)nn34)ccn2)C1. The van der Waals surface area contributed by atoms with E-state index in [1.165, 1.54) is 16.6 Å². The van der Waals surface area contributed by atoms with Crippen molar-refractivity contribution in [2.24, 2.45) is 5.92 Å². The molecule has 1 fully saturated rings. The van der Waals surface area contributed by atoms with E-state index < -0.39 is 22.6 Å². The van der Waals surface area contributed by atoms with Crippen molar-refractivity contribution in [3.8, 4) is 11.3 Å². The number of anilines is 1. The third-order valence-electron chi connectivity index (χ3n) is 5.12. The van der Waals surface area contributed by atoms with Crippen molar-refractivity contribution in [3.05, 3.63) is 42.4 Å². The lowest BCUT2D eigenvalue weighted by molar-refractivity contribution is 0.128. The average Bonchev–Trinajstić information content (AvgIpc) is 3.15. The highest BCUT2D eigenvalue weighted by atomic mass is 32.2. The van der Waals surface area contributed by atoms with E-state index in [4.69, 9.17) is 0 Å². The van der Waals surface area contributed by atoms with Crippen molar-refractivity contribution in [1.29, 1.82) is 0 Å². The predicted octanol–water partition coefficient (Wildman–Crippen LogP) is 1.47. The summed E-state index contributed by atoms with van der Waals surface area (Å²) in [5, 5.41) is 14.3. The van der Waals surface area contributed by atoms with Gasteiger partial charge in [0.2, 0.25) is 10.0 Å². The molecule has 0 spiro atoms. The fourth-order valence-electron chi connectivity index (χ4n) is 3.73. The molecule has 0 amide bonds. The maximum absolute atomic E-state index is 13.1. The van der Waals surface area contributed by atoms with Crippen LogP contribution in [0.4, 0.5) is 14.6 Å². The molecule has 166 valence electrons. The number of aliphatic hydroxyl groups is 1. The number of pyridine rings is 1. The van der Waals surface area contributed by atoms with Crippen molar-refractivity contribution in [1.82, 2.24) is 24.3 Å². The van der Waals surface area contributed by atoms with E-state index in [0.717, 1.165) is 6.26 Å². The van der Waals surface area contributed by atoms with E-state index in [0.29, 0.717) is 42.2 Å². The van der Waals surface area contributed by atoms with Crippen molar-refractivity contribution >= 4 is 21.5 Å². The number of rotatable bonds is 6. The Morgan fingerprint density at radius 2 is 2.06 bits per heavy atom. The molecule has 2 atom stereocenters. The number of β-amino-alcohol motifs (C(OH)–C–C–N with tert-alkyl or cyclic N) is 1. The lowest BCUT2D eigenvalue weighted by atomic mass is 9.96. The van der Waals surface area contributed by atoms with Crippen LogP contribution in [0.15, 0.2) is 36.7 Å². The summed E-state index contributed by atoms with van der Waals surface area (Å²) < 4.78 is 52.8. The number of nitrogens with zero attached hydrogens (tertiary/aromatic N) is 5. The molecule has 3 aromatic rings. The van der Waals surface area contributed by atoms with Crippen LogP contribution in [0, 0.1) is 5.92 Å². The van der Waals surface area contributed by atoms with Crippen molar-refractivity contribution in [3.63, 3.8) is 0 Å². The van der Waals surface area contributed by atoms with Gasteiger partial charge in [-0.15, -0.1) is 0 Å². The standard InChI is InChI=1S/C19H22F2N6O3S/c1-31(29,30)24-8-12-6-14(28)11-26(10-12)18-7-13(4-5-22-18)16-9-23-17-3-2-15(19(20)21)25-27(16)17/h2-5,7,9,12,14,19,24,28H,6,8,10-11H2,1H3. The second-order valence-electron chi connectivity index (χ2n) is 7.66. The molecule has 1 aliphatic heterocycles. The summed E-state index contributed by atoms with van der Waals surface area (Å²) in [6.07, 6.45) is 1.40. The van der Waals surface area contributed by atoms with Gasteiger partial charge in [0.1, 0.15) is 11.5 Å². The van der Waals surface area contributed by atoms with Crippen LogP contribution in [0.5, 0.6) is 0 Å². The zero-order valence-electron chi connectivity index (χ0n) is 16.7. The fraction of sp³-hybridized carbons (Fsp3) is 0.421. The molecule has 4 rings (SSSR count). The first-order valence-electron chi connectivity index (χ1n) is 9.66. The number of hydrogen-bond acceptors (Lipinski definition) is 7. The van der Waals surface area contributed by atoms with Crippen LogP contribution in [-0.4, -0.2) is 65.1 Å². The van der Waals surface area contributed by atoms with Gasteiger partial charge in [0, 0.05) is 31.4 Å². The molecule has 0 aromatic carbocycles. The third kappa shape index (κ3) is 4.97. The lowest BCUT2D eigenvalue weighted by Crippen LogP contribution is -2.47. The Hall–Kier alpha value is -2.70. The number of alkyl halides is 2. The molecule has 2 unspecified atom stereocenters. The number of fused-ring (bicyclic) bond motifs is 1. The number of aliphatic hydroxyl groups excluding tert-OH is 1. The largest absolute Gasteiger partial charge is 0.391 e. The summed E-state index contributed by atoms with van der Waals surface area (Å²) in [5.41, 5.74) is 1.32. The van der Waals surface area contributed by atoms with Crippen LogP contribution >= 0.6 is 0 Å². The summed E-state index contributed by atoms with van der Waals surface area (Å²) in [7, 11) is -3.33. The van der Waals surface area contributed by atoms with Crippen molar-refractivity contribution in [2.45, 2.75) is 19.0 Å². The first kappa shape index (κ1) is 21.5. The Morgan fingerprint density at radius 1 is 1.26 bits per heavy atom. The minimum atomic E-state index is -3.33. The minimum absolute atomic E-state index is 0.0880. The Balaban J connectivity index is 1.61. The van der Waals surface area contributed by atoms with Crippen LogP contribution < -0.4 is 9.62 Å². The molecule has 4 heterocycles. The molecule has 0 radical (unpaired) electrons. The molecule has 12 heteroatoms. The molecule has 31 heavy (non-hydrogen) atoms. The third-order valence-corrected chi connectivity index (χ3v) is 5.81. The molecule has 1 saturated heterocycles. The number of sulfonamides is 1. The summed E-state index contributed by atoms with van der Waals surface area (Å²) in [4.78, 5) is 10.5. The predicted molar refractivity (Wildman–Crippen MR) is 110 cm³/mol. The van der Waals surface area contributed by atoms with E-state index in [2.05, 4.69) is 19.8 Å². The minimum Gasteiger partial charge on any atom is -0.391 e. The monoisotopic (exact) mass is 452 g/mol. The van der Waals surface area contributed by atoms with E-state index in [1.807, 2.05) is 4.90 Å². The van der Waals surface area contributed by atoms with Crippen LogP contribution in [0.3, 0.4) is 0 Å². The molecule has 1 aliphatic rings. The normalized spacial score (nSPS) is 20.0. The van der Waals surface area contributed by atoms with Crippen LogP contribution in [0.25, 0.3) is 16.9 Å². The second-order valence-corrected chi connectivity index (χ2v) is 9.49.